The number of nitrogens with one attached hydrogen (secondary N) is 1. The third kappa shape index (κ3) is 4.70. The van der Waals surface area contributed by atoms with Crippen LogP contribution < -0.4 is 5.32 Å². The van der Waals surface area contributed by atoms with E-state index in [0.29, 0.717) is 18.9 Å². The number of carbonyl (C=O) groups is 1. The molecule has 2 N–H and O–H groups in total. The first-order valence-electron chi connectivity index (χ1n) is 6.69. The van der Waals surface area contributed by atoms with Gasteiger partial charge in [0.2, 0.25) is 5.69 Å². The third-order valence-corrected chi connectivity index (χ3v) is 3.10. The zero-order valence-electron chi connectivity index (χ0n) is 12.7. The topological polar surface area (TPSA) is 105 Å². The lowest BCUT2D eigenvalue weighted by atomic mass is 9.98. The highest BCUT2D eigenvalue weighted by Crippen LogP contribution is 2.33. The Bertz CT molecular complexity index is 633. The quantitative estimate of drug-likeness (QED) is 0.427. The molecule has 0 saturated heterocycles. The van der Waals surface area contributed by atoms with Crippen molar-refractivity contribution in [1.82, 2.24) is 4.98 Å². The highest BCUT2D eigenvalue weighted by molar-refractivity contribution is 5.91. The van der Waals surface area contributed by atoms with Gasteiger partial charge < -0.3 is 10.4 Å². The first-order valence-corrected chi connectivity index (χ1v) is 6.69. The average molecular weight is 329 g/mol. The number of aromatic carboxylic acids is 1. The van der Waals surface area contributed by atoms with Crippen LogP contribution in [0.5, 0.6) is 0 Å². The molecule has 0 bridgehead atoms. The Kier molecular flexibility index (Phi) is 5.72. The summed E-state index contributed by atoms with van der Waals surface area (Å²) in [4.78, 5) is 24.5. The predicted molar refractivity (Wildman–Crippen MR) is 79.9 cm³/mol. The van der Waals surface area contributed by atoms with Crippen LogP contribution in [-0.4, -0.2) is 26.5 Å². The number of halogens is 2. The van der Waals surface area contributed by atoms with E-state index < -0.39 is 39.8 Å². The fourth-order valence-corrected chi connectivity index (χ4v) is 1.93. The molecule has 0 unspecified atom stereocenters. The van der Waals surface area contributed by atoms with E-state index in [1.54, 1.807) is 19.9 Å². The SMILES string of the molecule is C=CCCC(C)(C)Nc1nc(C(=O)O)c([N+](=O)[O-])cc1C(F)F. The normalized spacial score (nSPS) is 11.3. The second-order valence-electron chi connectivity index (χ2n) is 5.49. The number of nitro groups is 1. The summed E-state index contributed by atoms with van der Waals surface area (Å²) in [6.07, 6.45) is -0.256. The Balaban J connectivity index is 3.39. The van der Waals surface area contributed by atoms with E-state index in [-0.39, 0.29) is 5.82 Å². The lowest BCUT2D eigenvalue weighted by Gasteiger charge is -2.27. The maximum Gasteiger partial charge on any atom is 0.361 e. The molecule has 1 aromatic rings. The highest BCUT2D eigenvalue weighted by Gasteiger charge is 2.30. The number of anilines is 1. The number of pyridine rings is 1. The first kappa shape index (κ1) is 18.5. The van der Waals surface area contributed by atoms with Crippen molar-refractivity contribution in [2.75, 3.05) is 5.32 Å². The van der Waals surface area contributed by atoms with Gasteiger partial charge in [-0.1, -0.05) is 6.08 Å². The van der Waals surface area contributed by atoms with Gasteiger partial charge in [0.25, 0.3) is 6.43 Å². The van der Waals surface area contributed by atoms with Gasteiger partial charge in [-0.25, -0.2) is 18.6 Å². The van der Waals surface area contributed by atoms with Crippen LogP contribution in [0, 0.1) is 10.1 Å². The van der Waals surface area contributed by atoms with Crippen molar-refractivity contribution in [3.63, 3.8) is 0 Å². The zero-order chi connectivity index (χ0) is 17.8. The number of hydrogen-bond donors (Lipinski definition) is 2. The maximum atomic E-state index is 13.2. The van der Waals surface area contributed by atoms with E-state index in [0.717, 1.165) is 0 Å². The molecule has 1 rings (SSSR count). The highest BCUT2D eigenvalue weighted by atomic mass is 19.3. The molecule has 7 nitrogen and oxygen atoms in total. The van der Waals surface area contributed by atoms with E-state index in [9.17, 15) is 23.7 Å². The second kappa shape index (κ2) is 7.12. The molecule has 0 atom stereocenters. The van der Waals surface area contributed by atoms with Crippen molar-refractivity contribution < 1.29 is 23.6 Å². The van der Waals surface area contributed by atoms with E-state index in [1.807, 2.05) is 0 Å². The maximum absolute atomic E-state index is 13.2. The van der Waals surface area contributed by atoms with Gasteiger partial charge in [-0.15, -0.1) is 6.58 Å². The van der Waals surface area contributed by atoms with Crippen LogP contribution in [0.2, 0.25) is 0 Å². The van der Waals surface area contributed by atoms with Gasteiger partial charge in [0.1, 0.15) is 5.82 Å². The van der Waals surface area contributed by atoms with Crippen LogP contribution in [0.1, 0.15) is 49.2 Å². The van der Waals surface area contributed by atoms with Gasteiger partial charge in [-0.05, 0) is 26.7 Å². The molecular weight excluding hydrogens is 312 g/mol. The van der Waals surface area contributed by atoms with Crippen LogP contribution in [0.4, 0.5) is 20.3 Å². The van der Waals surface area contributed by atoms with Gasteiger partial charge in [-0.3, -0.25) is 10.1 Å². The van der Waals surface area contributed by atoms with E-state index in [2.05, 4.69) is 16.9 Å². The number of nitrogens with zero attached hydrogens (tertiary/aromatic N) is 2. The molecule has 126 valence electrons. The zero-order valence-corrected chi connectivity index (χ0v) is 12.7. The Morgan fingerprint density at radius 1 is 1.61 bits per heavy atom. The van der Waals surface area contributed by atoms with Crippen molar-refractivity contribution in [2.24, 2.45) is 0 Å². The van der Waals surface area contributed by atoms with Crippen LogP contribution >= 0.6 is 0 Å². The van der Waals surface area contributed by atoms with E-state index in [4.69, 9.17) is 5.11 Å². The standard InChI is InChI=1S/C14H17F2N3O4/c1-4-5-6-14(2,3)18-12-8(11(15)16)7-9(19(22)23)10(17-12)13(20)21/h4,7,11H,1,5-6H2,2-3H3,(H,17,18)(H,20,21). The molecule has 1 aromatic heterocycles. The van der Waals surface area contributed by atoms with Gasteiger partial charge in [0, 0.05) is 11.6 Å². The smallest absolute Gasteiger partial charge is 0.361 e. The molecule has 0 amide bonds. The van der Waals surface area contributed by atoms with E-state index >= 15 is 0 Å². The molecule has 0 radical (unpaired) electrons. The molecule has 0 aliphatic carbocycles. The summed E-state index contributed by atoms with van der Waals surface area (Å²) in [5.74, 6) is -2.04. The summed E-state index contributed by atoms with van der Waals surface area (Å²) < 4.78 is 26.3. The van der Waals surface area contributed by atoms with Crippen molar-refractivity contribution in [1.29, 1.82) is 0 Å². The second-order valence-corrected chi connectivity index (χ2v) is 5.49. The molecule has 1 heterocycles. The Morgan fingerprint density at radius 2 is 2.22 bits per heavy atom. The van der Waals surface area contributed by atoms with Gasteiger partial charge >= 0.3 is 11.7 Å². The Morgan fingerprint density at radius 3 is 2.65 bits per heavy atom. The molecule has 0 aromatic carbocycles. The largest absolute Gasteiger partial charge is 0.476 e. The molecule has 23 heavy (non-hydrogen) atoms. The van der Waals surface area contributed by atoms with Gasteiger partial charge in [0.05, 0.1) is 10.5 Å². The summed E-state index contributed by atoms with van der Waals surface area (Å²) in [7, 11) is 0. The number of carboxylic acids is 1. The van der Waals surface area contributed by atoms with Crippen molar-refractivity contribution in [2.45, 2.75) is 38.7 Å². The number of aromatic nitrogens is 1. The number of alkyl halides is 2. The molecule has 0 spiro atoms. The number of carboxylic acid groups (broad SMARTS) is 1. The lowest BCUT2D eigenvalue weighted by molar-refractivity contribution is -0.385. The summed E-state index contributed by atoms with van der Waals surface area (Å²) in [5, 5.41) is 22.6. The van der Waals surface area contributed by atoms with Gasteiger partial charge in [0.15, 0.2) is 0 Å². The van der Waals surface area contributed by atoms with E-state index in [1.165, 1.54) is 0 Å². The fourth-order valence-electron chi connectivity index (χ4n) is 1.93. The Hall–Kier alpha value is -2.58. The monoisotopic (exact) mass is 329 g/mol. The Labute approximate surface area is 131 Å². The molecule has 0 fully saturated rings. The lowest BCUT2D eigenvalue weighted by Crippen LogP contribution is -2.32. The van der Waals surface area contributed by atoms with Crippen LogP contribution in [-0.2, 0) is 0 Å². The minimum absolute atomic E-state index is 0.378. The summed E-state index contributed by atoms with van der Waals surface area (Å²) in [6.45, 7) is 7.00. The fraction of sp³-hybridized carbons (Fsp3) is 0.429. The molecular formula is C14H17F2N3O4. The molecule has 0 aliphatic rings. The number of hydrogen-bond acceptors (Lipinski definition) is 5. The molecule has 0 saturated carbocycles. The molecule has 9 heteroatoms. The minimum Gasteiger partial charge on any atom is -0.476 e. The van der Waals surface area contributed by atoms with Crippen LogP contribution in [0.3, 0.4) is 0 Å². The average Bonchev–Trinajstić information content (AvgIpc) is 2.43. The third-order valence-electron chi connectivity index (χ3n) is 3.10. The number of rotatable bonds is 8. The molecule has 0 aliphatic heterocycles. The van der Waals surface area contributed by atoms with Gasteiger partial charge in [-0.2, -0.15) is 0 Å². The van der Waals surface area contributed by atoms with Crippen molar-refractivity contribution in [3.8, 4) is 0 Å². The number of allylic oxidation sites excluding steroid dienone is 1. The van der Waals surface area contributed by atoms with Crippen LogP contribution in [0.25, 0.3) is 0 Å². The van der Waals surface area contributed by atoms with Crippen LogP contribution in [0.15, 0.2) is 18.7 Å². The van der Waals surface area contributed by atoms with Crippen molar-refractivity contribution >= 4 is 17.5 Å². The summed E-state index contributed by atoms with van der Waals surface area (Å²) in [5.41, 5.74) is -3.26. The van der Waals surface area contributed by atoms with Crippen molar-refractivity contribution in [3.05, 3.63) is 40.1 Å². The summed E-state index contributed by atoms with van der Waals surface area (Å²) >= 11 is 0. The first-order chi connectivity index (χ1) is 10.6. The summed E-state index contributed by atoms with van der Waals surface area (Å²) in [6, 6.07) is 0.549. The minimum atomic E-state index is -3.04. The predicted octanol–water partition coefficient (Wildman–Crippen LogP) is 3.78.